The maximum atomic E-state index is 12.7. The number of hydrogen-bond acceptors (Lipinski definition) is 6. The number of carbonyl (C=O) groups is 1. The average Bonchev–Trinajstić information content (AvgIpc) is 3.23. The topological polar surface area (TPSA) is 101 Å². The summed E-state index contributed by atoms with van der Waals surface area (Å²) in [4.78, 5) is 15.8. The van der Waals surface area contributed by atoms with Crippen LogP contribution in [0, 0.1) is 6.92 Å². The average molecular weight is 427 g/mol. The van der Waals surface area contributed by atoms with Crippen LogP contribution in [0.1, 0.15) is 5.56 Å². The third-order valence-electron chi connectivity index (χ3n) is 5.01. The SMILES string of the molecule is Cc1ccc(-c2nnn(CC(=O)N3CCN(S(=O)(=O)c4ccccc4)CC3)n2)cc1. The van der Waals surface area contributed by atoms with Crippen molar-refractivity contribution in [3.8, 4) is 11.4 Å². The summed E-state index contributed by atoms with van der Waals surface area (Å²) in [7, 11) is -3.54. The van der Waals surface area contributed by atoms with Gasteiger partial charge in [0.25, 0.3) is 0 Å². The van der Waals surface area contributed by atoms with Crippen molar-refractivity contribution < 1.29 is 13.2 Å². The third kappa shape index (κ3) is 4.24. The number of amides is 1. The first-order valence-electron chi connectivity index (χ1n) is 9.61. The minimum absolute atomic E-state index is 0.0374. The van der Waals surface area contributed by atoms with Gasteiger partial charge in [-0.25, -0.2) is 8.42 Å². The molecular formula is C20H22N6O3S. The van der Waals surface area contributed by atoms with E-state index in [-0.39, 0.29) is 30.4 Å². The molecule has 4 rings (SSSR count). The van der Waals surface area contributed by atoms with Crippen molar-refractivity contribution in [1.82, 2.24) is 29.4 Å². The van der Waals surface area contributed by atoms with Gasteiger partial charge >= 0.3 is 0 Å². The van der Waals surface area contributed by atoms with Crippen LogP contribution < -0.4 is 0 Å². The van der Waals surface area contributed by atoms with Gasteiger partial charge in [0, 0.05) is 31.7 Å². The molecule has 0 saturated carbocycles. The molecule has 156 valence electrons. The van der Waals surface area contributed by atoms with E-state index in [0.717, 1.165) is 11.1 Å². The molecule has 10 heteroatoms. The number of aryl methyl sites for hydroxylation is 1. The molecule has 1 fully saturated rings. The zero-order chi connectivity index (χ0) is 21.1. The first-order chi connectivity index (χ1) is 14.4. The Morgan fingerprint density at radius 3 is 2.30 bits per heavy atom. The molecule has 0 aliphatic carbocycles. The van der Waals surface area contributed by atoms with Crippen LogP contribution >= 0.6 is 0 Å². The number of rotatable bonds is 5. The van der Waals surface area contributed by atoms with Gasteiger partial charge in [0.1, 0.15) is 6.54 Å². The van der Waals surface area contributed by atoms with Crippen LogP contribution in [0.5, 0.6) is 0 Å². The molecule has 2 aromatic carbocycles. The standard InChI is InChI=1S/C20H22N6O3S/c1-16-7-9-17(10-8-16)20-21-23-26(22-20)15-19(27)24-11-13-25(14-12-24)30(28,29)18-5-3-2-4-6-18/h2-10H,11-15H2,1H3. The summed E-state index contributed by atoms with van der Waals surface area (Å²) in [6.45, 7) is 3.11. The lowest BCUT2D eigenvalue weighted by Crippen LogP contribution is -2.51. The highest BCUT2D eigenvalue weighted by atomic mass is 32.2. The fraction of sp³-hybridized carbons (Fsp3) is 0.300. The Hall–Kier alpha value is -3.11. The monoisotopic (exact) mass is 426 g/mol. The quantitative estimate of drug-likeness (QED) is 0.607. The third-order valence-corrected chi connectivity index (χ3v) is 6.92. The Kier molecular flexibility index (Phi) is 5.60. The van der Waals surface area contributed by atoms with Gasteiger partial charge in [-0.15, -0.1) is 10.2 Å². The van der Waals surface area contributed by atoms with Gasteiger partial charge in [-0.2, -0.15) is 9.10 Å². The minimum Gasteiger partial charge on any atom is -0.338 e. The highest BCUT2D eigenvalue weighted by Gasteiger charge is 2.30. The molecule has 1 saturated heterocycles. The highest BCUT2D eigenvalue weighted by molar-refractivity contribution is 7.89. The lowest BCUT2D eigenvalue weighted by Gasteiger charge is -2.33. The normalized spacial score (nSPS) is 15.3. The zero-order valence-corrected chi connectivity index (χ0v) is 17.4. The van der Waals surface area contributed by atoms with E-state index < -0.39 is 10.0 Å². The summed E-state index contributed by atoms with van der Waals surface area (Å²) >= 11 is 0. The molecule has 0 N–H and O–H groups in total. The summed E-state index contributed by atoms with van der Waals surface area (Å²) in [6.07, 6.45) is 0. The second-order valence-electron chi connectivity index (χ2n) is 7.11. The van der Waals surface area contributed by atoms with Gasteiger partial charge in [-0.05, 0) is 24.3 Å². The smallest absolute Gasteiger partial charge is 0.246 e. The van der Waals surface area contributed by atoms with Crippen molar-refractivity contribution in [2.45, 2.75) is 18.4 Å². The lowest BCUT2D eigenvalue weighted by molar-refractivity contribution is -0.133. The van der Waals surface area contributed by atoms with Gasteiger partial charge in [-0.1, -0.05) is 48.0 Å². The molecule has 1 amide bonds. The van der Waals surface area contributed by atoms with Crippen LogP contribution in [-0.4, -0.2) is 69.9 Å². The molecule has 1 aromatic heterocycles. The zero-order valence-electron chi connectivity index (χ0n) is 16.5. The van der Waals surface area contributed by atoms with Crippen LogP contribution in [0.4, 0.5) is 0 Å². The molecule has 0 bridgehead atoms. The Balaban J connectivity index is 1.35. The van der Waals surface area contributed by atoms with E-state index in [9.17, 15) is 13.2 Å². The fourth-order valence-corrected chi connectivity index (χ4v) is 4.71. The summed E-state index contributed by atoms with van der Waals surface area (Å²) in [6, 6.07) is 16.1. The van der Waals surface area contributed by atoms with E-state index in [1.165, 1.54) is 9.10 Å². The van der Waals surface area contributed by atoms with Crippen molar-refractivity contribution in [3.63, 3.8) is 0 Å². The Labute approximate surface area is 175 Å². The molecule has 0 spiro atoms. The second-order valence-corrected chi connectivity index (χ2v) is 9.05. The van der Waals surface area contributed by atoms with E-state index in [2.05, 4.69) is 15.4 Å². The molecule has 0 atom stereocenters. The largest absolute Gasteiger partial charge is 0.338 e. The lowest BCUT2D eigenvalue weighted by atomic mass is 10.1. The molecule has 9 nitrogen and oxygen atoms in total. The summed E-state index contributed by atoms with van der Waals surface area (Å²) in [5.74, 6) is 0.293. The highest BCUT2D eigenvalue weighted by Crippen LogP contribution is 2.17. The number of nitrogens with zero attached hydrogens (tertiary/aromatic N) is 6. The summed E-state index contributed by atoms with van der Waals surface area (Å²) in [5.41, 5.74) is 1.97. The van der Waals surface area contributed by atoms with Crippen LogP contribution in [0.2, 0.25) is 0 Å². The van der Waals surface area contributed by atoms with E-state index in [4.69, 9.17) is 0 Å². The molecule has 30 heavy (non-hydrogen) atoms. The van der Waals surface area contributed by atoms with Gasteiger partial charge in [0.2, 0.25) is 21.8 Å². The van der Waals surface area contributed by atoms with E-state index in [1.807, 2.05) is 31.2 Å². The van der Waals surface area contributed by atoms with Gasteiger partial charge in [0.05, 0.1) is 4.90 Å². The number of carbonyl (C=O) groups excluding carboxylic acids is 1. The molecule has 3 aromatic rings. The Morgan fingerprint density at radius 2 is 1.63 bits per heavy atom. The van der Waals surface area contributed by atoms with Gasteiger partial charge in [-0.3, -0.25) is 4.79 Å². The number of piperazine rings is 1. The maximum Gasteiger partial charge on any atom is 0.246 e. The number of benzene rings is 2. The Bertz CT molecular complexity index is 1120. The van der Waals surface area contributed by atoms with Crippen molar-refractivity contribution >= 4 is 15.9 Å². The number of hydrogen-bond donors (Lipinski definition) is 0. The van der Waals surface area contributed by atoms with E-state index in [1.54, 1.807) is 35.2 Å². The number of aromatic nitrogens is 4. The number of tetrazole rings is 1. The van der Waals surface area contributed by atoms with Gasteiger partial charge in [0.15, 0.2) is 0 Å². The van der Waals surface area contributed by atoms with Crippen molar-refractivity contribution in [1.29, 1.82) is 0 Å². The summed E-state index contributed by atoms with van der Waals surface area (Å²) < 4.78 is 26.8. The Morgan fingerprint density at radius 1 is 0.967 bits per heavy atom. The van der Waals surface area contributed by atoms with Gasteiger partial charge < -0.3 is 4.90 Å². The maximum absolute atomic E-state index is 12.7. The second kappa shape index (κ2) is 8.33. The van der Waals surface area contributed by atoms with Crippen LogP contribution in [0.3, 0.4) is 0 Å². The first kappa shape index (κ1) is 20.2. The van der Waals surface area contributed by atoms with Crippen LogP contribution in [-0.2, 0) is 21.4 Å². The van der Waals surface area contributed by atoms with E-state index in [0.29, 0.717) is 18.9 Å². The molecule has 1 aliphatic rings. The molecular weight excluding hydrogens is 404 g/mol. The van der Waals surface area contributed by atoms with E-state index >= 15 is 0 Å². The van der Waals surface area contributed by atoms with Crippen molar-refractivity contribution in [2.24, 2.45) is 0 Å². The summed E-state index contributed by atoms with van der Waals surface area (Å²) in [5, 5.41) is 12.3. The number of sulfonamides is 1. The predicted molar refractivity (Wildman–Crippen MR) is 110 cm³/mol. The van der Waals surface area contributed by atoms with Crippen LogP contribution in [0.15, 0.2) is 59.5 Å². The van der Waals surface area contributed by atoms with Crippen molar-refractivity contribution in [3.05, 3.63) is 60.2 Å². The molecule has 2 heterocycles. The van der Waals surface area contributed by atoms with Crippen LogP contribution in [0.25, 0.3) is 11.4 Å². The van der Waals surface area contributed by atoms with Crippen molar-refractivity contribution in [2.75, 3.05) is 26.2 Å². The molecule has 1 aliphatic heterocycles. The predicted octanol–water partition coefficient (Wildman–Crippen LogP) is 1.18. The first-order valence-corrected chi connectivity index (χ1v) is 11.1. The fourth-order valence-electron chi connectivity index (χ4n) is 3.27. The molecule has 0 radical (unpaired) electrons. The molecule has 0 unspecified atom stereocenters. The minimum atomic E-state index is -3.54.